The number of aliphatic carboxylic acids is 1. The van der Waals surface area contributed by atoms with E-state index in [9.17, 15) is 9.59 Å². The highest BCUT2D eigenvalue weighted by Crippen LogP contribution is 2.32. The van der Waals surface area contributed by atoms with Crippen LogP contribution in [0.3, 0.4) is 0 Å². The smallest absolute Gasteiger partial charge is 0.303 e. The van der Waals surface area contributed by atoms with E-state index in [1.807, 2.05) is 0 Å². The van der Waals surface area contributed by atoms with Gasteiger partial charge in [-0.1, -0.05) is 32.1 Å². The fraction of sp³-hybridized carbons (Fsp3) is 0.636. The van der Waals surface area contributed by atoms with Gasteiger partial charge in [-0.25, -0.2) is 9.97 Å². The molecule has 3 rings (SSSR count). The molecule has 0 atom stereocenters. The van der Waals surface area contributed by atoms with Crippen LogP contribution in [0, 0.1) is 5.92 Å². The summed E-state index contributed by atoms with van der Waals surface area (Å²) in [6.07, 6.45) is 7.01. The van der Waals surface area contributed by atoms with E-state index in [4.69, 9.17) is 9.52 Å². The molecule has 10 heteroatoms. The third kappa shape index (κ3) is 7.60. The lowest BCUT2D eigenvalue weighted by molar-refractivity contribution is -0.137. The summed E-state index contributed by atoms with van der Waals surface area (Å²) < 4.78 is 6.83. The fourth-order valence-corrected chi connectivity index (χ4v) is 5.21. The minimum atomic E-state index is -0.739. The van der Waals surface area contributed by atoms with E-state index in [-0.39, 0.29) is 23.7 Å². The van der Waals surface area contributed by atoms with Gasteiger partial charge in [-0.3, -0.25) is 9.59 Å². The number of hydrogen-bond acceptors (Lipinski definition) is 8. The number of rotatable bonds is 10. The van der Waals surface area contributed by atoms with Crippen LogP contribution in [-0.4, -0.2) is 51.5 Å². The number of thiazole rings is 1. The first-order valence-corrected chi connectivity index (χ1v) is 12.8. The SMILES string of the molecule is CC(C)(C)c1cnc(CSc2cnc(NC(=O)C3CCN(CCCCC(=O)O)CC3)s2)o1. The minimum absolute atomic E-state index is 0.00610. The second kappa shape index (κ2) is 11.3. The van der Waals surface area contributed by atoms with Crippen molar-refractivity contribution in [2.45, 2.75) is 68.3 Å². The van der Waals surface area contributed by atoms with Gasteiger partial charge < -0.3 is 19.7 Å². The van der Waals surface area contributed by atoms with Gasteiger partial charge in [0.05, 0.1) is 22.4 Å². The Balaban J connectivity index is 1.38. The number of hydrogen-bond donors (Lipinski definition) is 2. The van der Waals surface area contributed by atoms with Crippen LogP contribution in [0.25, 0.3) is 0 Å². The number of unbranched alkanes of at least 4 members (excludes halogenated alkanes) is 1. The van der Waals surface area contributed by atoms with Gasteiger partial charge in [-0.2, -0.15) is 0 Å². The van der Waals surface area contributed by atoms with Crippen LogP contribution < -0.4 is 5.32 Å². The highest BCUT2D eigenvalue weighted by atomic mass is 32.2. The summed E-state index contributed by atoms with van der Waals surface area (Å²) in [5.41, 5.74) is -0.0612. The number of aromatic nitrogens is 2. The number of thioether (sulfide) groups is 1. The highest BCUT2D eigenvalue weighted by Gasteiger charge is 2.25. The Morgan fingerprint density at radius 1 is 1.25 bits per heavy atom. The summed E-state index contributed by atoms with van der Waals surface area (Å²) in [7, 11) is 0. The number of carboxylic acid groups (broad SMARTS) is 1. The van der Waals surface area contributed by atoms with Gasteiger partial charge in [0, 0.05) is 17.8 Å². The minimum Gasteiger partial charge on any atom is -0.481 e. The highest BCUT2D eigenvalue weighted by molar-refractivity contribution is 8.00. The van der Waals surface area contributed by atoms with Crippen molar-refractivity contribution in [3.63, 3.8) is 0 Å². The van der Waals surface area contributed by atoms with Gasteiger partial charge in [0.1, 0.15) is 5.76 Å². The molecule has 1 aliphatic heterocycles. The van der Waals surface area contributed by atoms with Crippen molar-refractivity contribution in [1.29, 1.82) is 0 Å². The maximum atomic E-state index is 12.6. The van der Waals surface area contributed by atoms with E-state index in [2.05, 4.69) is 41.0 Å². The molecule has 176 valence electrons. The van der Waals surface area contributed by atoms with Crippen LogP contribution in [0.2, 0.25) is 0 Å². The largest absolute Gasteiger partial charge is 0.481 e. The second-order valence-corrected chi connectivity index (χ2v) is 11.4. The van der Waals surface area contributed by atoms with Crippen LogP contribution in [0.15, 0.2) is 21.0 Å². The predicted molar refractivity (Wildman–Crippen MR) is 126 cm³/mol. The lowest BCUT2D eigenvalue weighted by atomic mass is 9.94. The second-order valence-electron chi connectivity index (χ2n) is 9.10. The molecular weight excluding hydrogens is 448 g/mol. The molecule has 1 saturated heterocycles. The number of nitrogens with zero attached hydrogens (tertiary/aromatic N) is 3. The van der Waals surface area contributed by atoms with Crippen molar-refractivity contribution in [1.82, 2.24) is 14.9 Å². The van der Waals surface area contributed by atoms with E-state index in [1.54, 1.807) is 24.2 Å². The average Bonchev–Trinajstić information content (AvgIpc) is 3.39. The van der Waals surface area contributed by atoms with Gasteiger partial charge in [0.2, 0.25) is 11.8 Å². The maximum absolute atomic E-state index is 12.6. The first-order chi connectivity index (χ1) is 15.2. The Hall–Kier alpha value is -1.91. The zero-order chi connectivity index (χ0) is 23.1. The molecule has 0 aromatic carbocycles. The third-order valence-electron chi connectivity index (χ3n) is 5.42. The summed E-state index contributed by atoms with van der Waals surface area (Å²) in [6, 6.07) is 0. The number of anilines is 1. The zero-order valence-corrected chi connectivity index (χ0v) is 20.6. The first kappa shape index (κ1) is 24.7. The summed E-state index contributed by atoms with van der Waals surface area (Å²) in [4.78, 5) is 34.2. The summed E-state index contributed by atoms with van der Waals surface area (Å²) >= 11 is 3.06. The Morgan fingerprint density at radius 3 is 2.66 bits per heavy atom. The summed E-state index contributed by atoms with van der Waals surface area (Å²) in [5, 5.41) is 12.3. The van der Waals surface area contributed by atoms with E-state index < -0.39 is 5.97 Å². The monoisotopic (exact) mass is 480 g/mol. The molecule has 2 aromatic rings. The molecule has 32 heavy (non-hydrogen) atoms. The Morgan fingerprint density at radius 2 is 2.00 bits per heavy atom. The van der Waals surface area contributed by atoms with Crippen LogP contribution >= 0.6 is 23.1 Å². The number of carboxylic acids is 1. The van der Waals surface area contributed by atoms with Gasteiger partial charge in [0.25, 0.3) is 0 Å². The Kier molecular flexibility index (Phi) is 8.72. The molecule has 1 aliphatic rings. The van der Waals surface area contributed by atoms with E-state index in [0.29, 0.717) is 23.2 Å². The van der Waals surface area contributed by atoms with Crippen molar-refractivity contribution < 1.29 is 19.1 Å². The number of carbonyl (C=O) groups excluding carboxylic acids is 1. The maximum Gasteiger partial charge on any atom is 0.303 e. The fourth-order valence-electron chi connectivity index (χ4n) is 3.48. The molecule has 0 spiro atoms. The van der Waals surface area contributed by atoms with Crippen LogP contribution in [0.5, 0.6) is 0 Å². The topological polar surface area (TPSA) is 109 Å². The normalized spacial score (nSPS) is 15.7. The lowest BCUT2D eigenvalue weighted by Crippen LogP contribution is -2.38. The number of nitrogens with one attached hydrogen (secondary N) is 1. The van der Waals surface area contributed by atoms with E-state index in [0.717, 1.165) is 48.9 Å². The predicted octanol–water partition coefficient (Wildman–Crippen LogP) is 4.63. The Labute approximate surface area is 197 Å². The Bertz CT molecular complexity index is 898. The molecule has 1 amide bonds. The molecule has 0 aliphatic carbocycles. The zero-order valence-electron chi connectivity index (χ0n) is 18.9. The molecule has 1 fully saturated rings. The molecule has 0 radical (unpaired) electrons. The van der Waals surface area contributed by atoms with Crippen LogP contribution in [0.4, 0.5) is 5.13 Å². The molecule has 0 bridgehead atoms. The van der Waals surface area contributed by atoms with Crippen molar-refractivity contribution in [2.24, 2.45) is 5.92 Å². The summed E-state index contributed by atoms with van der Waals surface area (Å²) in [6.45, 7) is 8.92. The molecular formula is C22H32N4O4S2. The van der Waals surface area contributed by atoms with Crippen LogP contribution in [0.1, 0.15) is 64.5 Å². The van der Waals surface area contributed by atoms with Gasteiger partial charge in [0.15, 0.2) is 5.13 Å². The van der Waals surface area contributed by atoms with E-state index >= 15 is 0 Å². The number of likely N-dealkylation sites (tertiary alicyclic amines) is 1. The van der Waals surface area contributed by atoms with Gasteiger partial charge >= 0.3 is 5.97 Å². The molecule has 0 unspecified atom stereocenters. The number of oxazole rings is 1. The molecule has 2 aromatic heterocycles. The van der Waals surface area contributed by atoms with Gasteiger partial charge in [-0.15, -0.1) is 11.8 Å². The third-order valence-corrected chi connectivity index (χ3v) is 7.51. The average molecular weight is 481 g/mol. The molecule has 2 N–H and O–H groups in total. The van der Waals surface area contributed by atoms with Gasteiger partial charge in [-0.05, 0) is 45.3 Å². The number of amides is 1. The summed E-state index contributed by atoms with van der Waals surface area (Å²) in [5.74, 6) is 1.47. The number of piperidine rings is 1. The molecule has 3 heterocycles. The van der Waals surface area contributed by atoms with Crippen molar-refractivity contribution in [3.05, 3.63) is 24.0 Å². The lowest BCUT2D eigenvalue weighted by Gasteiger charge is -2.31. The van der Waals surface area contributed by atoms with Crippen molar-refractivity contribution >= 4 is 40.1 Å². The molecule has 8 nitrogen and oxygen atoms in total. The van der Waals surface area contributed by atoms with Crippen LogP contribution in [-0.2, 0) is 20.8 Å². The van der Waals surface area contributed by atoms with E-state index in [1.165, 1.54) is 11.3 Å². The number of carbonyl (C=O) groups is 2. The van der Waals surface area contributed by atoms with Crippen molar-refractivity contribution in [3.8, 4) is 0 Å². The quantitative estimate of drug-likeness (QED) is 0.374. The standard InChI is InChI=1S/C22H32N4O4S2/c1-22(2,3)16-12-23-17(30-16)14-31-19-13-24-21(32-19)25-20(29)15-7-10-26(11-8-15)9-5-4-6-18(27)28/h12-13,15H,4-11,14H2,1-3H3,(H,27,28)(H,24,25,29). The van der Waals surface area contributed by atoms with Crippen molar-refractivity contribution in [2.75, 3.05) is 25.0 Å². The first-order valence-electron chi connectivity index (χ1n) is 11.0. The molecule has 0 saturated carbocycles.